The van der Waals surface area contributed by atoms with Gasteiger partial charge < -0.3 is 0 Å². The Balaban J connectivity index is 1.90. The Labute approximate surface area is 83.1 Å². The van der Waals surface area contributed by atoms with Gasteiger partial charge in [0.15, 0.2) is 0 Å². The van der Waals surface area contributed by atoms with Crippen LogP contribution >= 0.6 is 0 Å². The van der Waals surface area contributed by atoms with Gasteiger partial charge in [-0.2, -0.15) is 0 Å². The fraction of sp³-hybridized carbons (Fsp3) is 0.833. The van der Waals surface area contributed by atoms with Crippen LogP contribution in [0.1, 0.15) is 25.7 Å². The van der Waals surface area contributed by atoms with Crippen molar-refractivity contribution in [3.05, 3.63) is 0 Å². The van der Waals surface area contributed by atoms with Crippen LogP contribution in [0.5, 0.6) is 0 Å². The first-order chi connectivity index (χ1) is 6.75. The van der Waals surface area contributed by atoms with Crippen molar-refractivity contribution < 1.29 is 9.59 Å². The molecule has 5 aliphatic rings. The molecule has 0 aromatic heterocycles. The van der Waals surface area contributed by atoms with Gasteiger partial charge in [-0.3, -0.25) is 9.59 Å². The third-order valence-electron chi connectivity index (χ3n) is 5.33. The van der Waals surface area contributed by atoms with Gasteiger partial charge in [-0.15, -0.1) is 0 Å². The molecule has 0 heterocycles. The first-order valence-electron chi connectivity index (χ1n) is 5.83. The molecule has 0 saturated heterocycles. The predicted molar refractivity (Wildman–Crippen MR) is 49.4 cm³/mol. The second kappa shape index (κ2) is 2.12. The van der Waals surface area contributed by atoms with E-state index in [1.165, 1.54) is 0 Å². The second-order valence-electron chi connectivity index (χ2n) is 5.69. The Morgan fingerprint density at radius 3 is 1.21 bits per heavy atom. The van der Waals surface area contributed by atoms with E-state index in [1.54, 1.807) is 0 Å². The lowest BCUT2D eigenvalue weighted by Gasteiger charge is -2.58. The van der Waals surface area contributed by atoms with Crippen LogP contribution < -0.4 is 0 Å². The summed E-state index contributed by atoms with van der Waals surface area (Å²) in [6.45, 7) is 0. The van der Waals surface area contributed by atoms with Crippen molar-refractivity contribution >= 4 is 11.6 Å². The van der Waals surface area contributed by atoms with Gasteiger partial charge >= 0.3 is 0 Å². The zero-order valence-corrected chi connectivity index (χ0v) is 8.11. The van der Waals surface area contributed by atoms with E-state index >= 15 is 0 Å². The van der Waals surface area contributed by atoms with Crippen LogP contribution in [-0.4, -0.2) is 11.6 Å². The number of ketones is 2. The zero-order chi connectivity index (χ0) is 9.45. The highest BCUT2D eigenvalue weighted by Gasteiger charge is 2.61. The largest absolute Gasteiger partial charge is 0.299 e. The molecule has 5 rings (SSSR count). The van der Waals surface area contributed by atoms with Gasteiger partial charge in [0.25, 0.3) is 0 Å². The quantitative estimate of drug-likeness (QED) is 0.579. The zero-order valence-electron chi connectivity index (χ0n) is 8.11. The van der Waals surface area contributed by atoms with Crippen molar-refractivity contribution in [3.63, 3.8) is 0 Å². The molecule has 5 saturated carbocycles. The normalized spacial score (nSPS) is 58.6. The van der Waals surface area contributed by atoms with Crippen LogP contribution in [0.2, 0.25) is 0 Å². The highest BCUT2D eigenvalue weighted by molar-refractivity contribution is 6.01. The molecule has 2 nitrogen and oxygen atoms in total. The average Bonchev–Trinajstić information content (AvgIpc) is 2.20. The van der Waals surface area contributed by atoms with Crippen LogP contribution in [0.15, 0.2) is 0 Å². The number of hydrogen-bond donors (Lipinski definition) is 0. The molecule has 0 spiro atoms. The van der Waals surface area contributed by atoms with Crippen LogP contribution in [0, 0.1) is 35.5 Å². The maximum Gasteiger partial charge on any atom is 0.140 e. The van der Waals surface area contributed by atoms with Crippen LogP contribution in [-0.2, 0) is 9.59 Å². The van der Waals surface area contributed by atoms with Crippen molar-refractivity contribution in [3.8, 4) is 0 Å². The lowest BCUT2D eigenvalue weighted by Crippen LogP contribution is -2.60. The molecular formula is C12H14O2. The summed E-state index contributed by atoms with van der Waals surface area (Å²) >= 11 is 0. The summed E-state index contributed by atoms with van der Waals surface area (Å²) in [7, 11) is 0. The molecule has 6 bridgehead atoms. The van der Waals surface area contributed by atoms with E-state index in [0.29, 0.717) is 11.6 Å². The Kier molecular flexibility index (Phi) is 1.15. The number of Topliss-reactive ketones (excluding diaryl/α,β-unsaturated/α-hetero) is 2. The first kappa shape index (κ1) is 7.61. The summed E-state index contributed by atoms with van der Waals surface area (Å²) in [5, 5.41) is 0. The fourth-order valence-corrected chi connectivity index (χ4v) is 4.73. The number of rotatable bonds is 0. The Bertz CT molecular complexity index is 284. The van der Waals surface area contributed by atoms with E-state index in [1.807, 2.05) is 0 Å². The summed E-state index contributed by atoms with van der Waals surface area (Å²) in [5.41, 5.74) is 0. The fourth-order valence-electron chi connectivity index (χ4n) is 4.73. The summed E-state index contributed by atoms with van der Waals surface area (Å²) in [6, 6.07) is 0. The van der Waals surface area contributed by atoms with Crippen molar-refractivity contribution in [2.45, 2.75) is 25.7 Å². The first-order valence-corrected chi connectivity index (χ1v) is 5.83. The van der Waals surface area contributed by atoms with Gasteiger partial charge in [-0.25, -0.2) is 0 Å². The van der Waals surface area contributed by atoms with Crippen LogP contribution in [0.25, 0.3) is 0 Å². The van der Waals surface area contributed by atoms with Gasteiger partial charge in [0.2, 0.25) is 0 Å². The third kappa shape index (κ3) is 0.645. The van der Waals surface area contributed by atoms with Gasteiger partial charge in [-0.05, 0) is 37.5 Å². The molecule has 0 N–H and O–H groups in total. The molecule has 2 heteroatoms. The number of hydrogen-bond acceptors (Lipinski definition) is 2. The maximum atomic E-state index is 12.0. The number of carbonyl (C=O) groups is 2. The average molecular weight is 190 g/mol. The molecule has 5 fully saturated rings. The Morgan fingerprint density at radius 1 is 0.643 bits per heavy atom. The Morgan fingerprint density at radius 2 is 0.929 bits per heavy atom. The van der Waals surface area contributed by atoms with Crippen LogP contribution in [0.3, 0.4) is 0 Å². The summed E-state index contributed by atoms with van der Waals surface area (Å²) in [4.78, 5) is 24.1. The molecular weight excluding hydrogens is 176 g/mol. The van der Waals surface area contributed by atoms with Gasteiger partial charge in [0.1, 0.15) is 11.6 Å². The minimum absolute atomic E-state index is 0.152. The molecule has 0 aliphatic heterocycles. The highest BCUT2D eigenvalue weighted by atomic mass is 16.1. The van der Waals surface area contributed by atoms with E-state index < -0.39 is 0 Å². The van der Waals surface area contributed by atoms with E-state index in [0.717, 1.165) is 37.5 Å². The molecule has 6 atom stereocenters. The second-order valence-corrected chi connectivity index (χ2v) is 5.69. The summed E-state index contributed by atoms with van der Waals surface area (Å²) in [5.74, 6) is 3.10. The highest BCUT2D eigenvalue weighted by Crippen LogP contribution is 2.60. The van der Waals surface area contributed by atoms with E-state index in [9.17, 15) is 9.59 Å². The minimum Gasteiger partial charge on any atom is -0.299 e. The predicted octanol–water partition coefficient (Wildman–Crippen LogP) is 1.44. The molecule has 74 valence electrons. The van der Waals surface area contributed by atoms with Crippen molar-refractivity contribution in [2.75, 3.05) is 0 Å². The standard InChI is InChI=1S/C12H14O2/c13-11-7-1-5-2-9(11)10-4-6(5)3-8(7)12(10)14/h5-10H,1-4H2/t5?,6?,7-,8+,9+,10-. The van der Waals surface area contributed by atoms with Gasteiger partial charge in [0, 0.05) is 23.7 Å². The lowest BCUT2D eigenvalue weighted by molar-refractivity contribution is -0.169. The summed E-state index contributed by atoms with van der Waals surface area (Å²) in [6.07, 6.45) is 4.18. The third-order valence-corrected chi connectivity index (χ3v) is 5.33. The smallest absolute Gasteiger partial charge is 0.140 e. The van der Waals surface area contributed by atoms with Gasteiger partial charge in [-0.1, -0.05) is 0 Å². The number of carbonyl (C=O) groups excluding carboxylic acids is 2. The van der Waals surface area contributed by atoms with Crippen molar-refractivity contribution in [1.29, 1.82) is 0 Å². The Hall–Kier alpha value is -0.660. The van der Waals surface area contributed by atoms with Gasteiger partial charge in [0.05, 0.1) is 0 Å². The molecule has 2 unspecified atom stereocenters. The lowest BCUT2D eigenvalue weighted by atomic mass is 9.44. The molecule has 14 heavy (non-hydrogen) atoms. The molecule has 5 aliphatic carbocycles. The van der Waals surface area contributed by atoms with Crippen molar-refractivity contribution in [2.24, 2.45) is 35.5 Å². The van der Waals surface area contributed by atoms with E-state index in [2.05, 4.69) is 0 Å². The van der Waals surface area contributed by atoms with Crippen LogP contribution in [0.4, 0.5) is 0 Å². The topological polar surface area (TPSA) is 34.1 Å². The monoisotopic (exact) mass is 190 g/mol. The molecule has 0 amide bonds. The summed E-state index contributed by atoms with van der Waals surface area (Å²) < 4.78 is 0. The molecule has 0 radical (unpaired) electrons. The van der Waals surface area contributed by atoms with E-state index in [4.69, 9.17) is 0 Å². The minimum atomic E-state index is 0.152. The SMILES string of the molecule is O=C1[C@H]2CC3C[C@@H]1[C@@H]1CC3C[C@H]2C1=O. The van der Waals surface area contributed by atoms with Crippen molar-refractivity contribution in [1.82, 2.24) is 0 Å². The van der Waals surface area contributed by atoms with E-state index in [-0.39, 0.29) is 23.7 Å². The molecule has 0 aromatic rings. The maximum absolute atomic E-state index is 12.0. The molecule has 0 aromatic carbocycles.